The summed E-state index contributed by atoms with van der Waals surface area (Å²) in [6, 6.07) is 5.35. The smallest absolute Gasteiger partial charge is 0.293 e. The summed E-state index contributed by atoms with van der Waals surface area (Å²) in [7, 11) is 0. The van der Waals surface area contributed by atoms with Crippen LogP contribution in [0.3, 0.4) is 0 Å². The van der Waals surface area contributed by atoms with Gasteiger partial charge in [-0.25, -0.2) is 4.98 Å². The number of carbonyl (C=O) groups is 1. The molecule has 0 bridgehead atoms. The Morgan fingerprint density at radius 3 is 2.94 bits per heavy atom. The number of rotatable bonds is 2. The van der Waals surface area contributed by atoms with E-state index in [1.807, 2.05) is 24.0 Å². The highest BCUT2D eigenvalue weighted by molar-refractivity contribution is 6.35. The number of fused-ring (bicyclic) bond motifs is 2. The van der Waals surface area contributed by atoms with Gasteiger partial charge in [-0.05, 0) is 36.6 Å². The summed E-state index contributed by atoms with van der Waals surface area (Å²) in [5, 5.41) is 10.4. The van der Waals surface area contributed by atoms with E-state index in [1.165, 1.54) is 0 Å². The van der Waals surface area contributed by atoms with Crippen molar-refractivity contribution in [1.29, 1.82) is 5.26 Å². The maximum atomic E-state index is 13.5. The molecular formula is C22H20Cl2N6O3. The van der Waals surface area contributed by atoms with Gasteiger partial charge in [-0.2, -0.15) is 10.2 Å². The third-order valence-electron chi connectivity index (χ3n) is 6.18. The molecule has 0 saturated carbocycles. The van der Waals surface area contributed by atoms with Crippen LogP contribution in [0.25, 0.3) is 11.1 Å². The van der Waals surface area contributed by atoms with Gasteiger partial charge in [-0.1, -0.05) is 23.2 Å². The molecule has 0 aliphatic carbocycles. The Morgan fingerprint density at radius 1 is 1.33 bits per heavy atom. The van der Waals surface area contributed by atoms with Gasteiger partial charge in [0.25, 0.3) is 11.9 Å². The first-order valence-corrected chi connectivity index (χ1v) is 11.2. The predicted molar refractivity (Wildman–Crippen MR) is 123 cm³/mol. The third-order valence-corrected chi connectivity index (χ3v) is 6.71. The van der Waals surface area contributed by atoms with Gasteiger partial charge in [0.2, 0.25) is 0 Å². The highest BCUT2D eigenvalue weighted by Gasteiger charge is 2.37. The van der Waals surface area contributed by atoms with Crippen LogP contribution < -0.4 is 10.6 Å². The predicted octanol–water partition coefficient (Wildman–Crippen LogP) is 3.33. The first-order chi connectivity index (χ1) is 15.9. The highest BCUT2D eigenvalue weighted by atomic mass is 35.5. The van der Waals surface area contributed by atoms with Gasteiger partial charge < -0.3 is 24.7 Å². The minimum atomic E-state index is -0.681. The second-order valence-corrected chi connectivity index (χ2v) is 8.90. The number of morpholine rings is 1. The number of aromatic nitrogens is 2. The summed E-state index contributed by atoms with van der Waals surface area (Å²) in [6.07, 6.45) is 1.53. The molecule has 2 atom stereocenters. The van der Waals surface area contributed by atoms with E-state index in [2.05, 4.69) is 9.97 Å². The Morgan fingerprint density at radius 2 is 2.15 bits per heavy atom. The normalized spacial score (nSPS) is 20.5. The van der Waals surface area contributed by atoms with Gasteiger partial charge in [0, 0.05) is 23.1 Å². The molecule has 11 heteroatoms. The quantitative estimate of drug-likeness (QED) is 0.584. The van der Waals surface area contributed by atoms with Crippen molar-refractivity contribution in [2.24, 2.45) is 0 Å². The van der Waals surface area contributed by atoms with Gasteiger partial charge >= 0.3 is 0 Å². The van der Waals surface area contributed by atoms with E-state index in [9.17, 15) is 10.1 Å². The zero-order chi connectivity index (χ0) is 23.3. The summed E-state index contributed by atoms with van der Waals surface area (Å²) in [5.41, 5.74) is 9.12. The molecule has 1 aromatic carbocycles. The number of amides is 1. The lowest BCUT2D eigenvalue weighted by atomic mass is 9.93. The molecule has 2 aliphatic rings. The van der Waals surface area contributed by atoms with Crippen molar-refractivity contribution in [2.75, 3.05) is 36.9 Å². The van der Waals surface area contributed by atoms with Gasteiger partial charge in [-0.3, -0.25) is 4.79 Å². The molecule has 0 radical (unpaired) electrons. The van der Waals surface area contributed by atoms with Crippen LogP contribution in [0.5, 0.6) is 0 Å². The molecule has 5 rings (SSSR count). The number of benzene rings is 1. The first-order valence-electron chi connectivity index (χ1n) is 10.5. The SMILES string of the molecule is C[C@H]1c2c(Cl)cc(Cl)cc2CCN1C(=O)[C@H]1CN(c2cnc(C#N)c3nc(N)oc23)CCO1. The number of nitriles is 1. The topological polar surface area (TPSA) is 122 Å². The maximum Gasteiger partial charge on any atom is 0.293 e. The van der Waals surface area contributed by atoms with E-state index in [4.69, 9.17) is 38.1 Å². The number of oxazole rings is 1. The molecule has 33 heavy (non-hydrogen) atoms. The Labute approximate surface area is 199 Å². The van der Waals surface area contributed by atoms with E-state index < -0.39 is 6.10 Å². The van der Waals surface area contributed by atoms with Crippen LogP contribution in [0.2, 0.25) is 10.0 Å². The van der Waals surface area contributed by atoms with Crippen molar-refractivity contribution in [3.63, 3.8) is 0 Å². The van der Waals surface area contributed by atoms with Crippen molar-refractivity contribution in [3.05, 3.63) is 45.2 Å². The van der Waals surface area contributed by atoms with Crippen LogP contribution in [-0.2, 0) is 16.0 Å². The number of pyridine rings is 1. The Balaban J connectivity index is 1.40. The Hall–Kier alpha value is -3.06. The van der Waals surface area contributed by atoms with Crippen molar-refractivity contribution in [2.45, 2.75) is 25.5 Å². The molecule has 4 heterocycles. The lowest BCUT2D eigenvalue weighted by Gasteiger charge is -2.40. The van der Waals surface area contributed by atoms with Gasteiger partial charge in [0.05, 0.1) is 25.4 Å². The van der Waals surface area contributed by atoms with Crippen molar-refractivity contribution < 1.29 is 13.9 Å². The van der Waals surface area contributed by atoms with Crippen LogP contribution in [0.15, 0.2) is 22.7 Å². The monoisotopic (exact) mass is 486 g/mol. The Kier molecular flexibility index (Phi) is 5.52. The number of halogens is 2. The first kappa shape index (κ1) is 21.8. The molecule has 1 amide bonds. The molecule has 2 N–H and O–H groups in total. The largest absolute Gasteiger partial charge is 0.421 e. The number of nitrogen functional groups attached to an aromatic ring is 1. The maximum absolute atomic E-state index is 13.5. The Bertz CT molecular complexity index is 1300. The summed E-state index contributed by atoms with van der Waals surface area (Å²) in [4.78, 5) is 25.5. The molecule has 0 unspecified atom stereocenters. The molecular weight excluding hydrogens is 467 g/mol. The van der Waals surface area contributed by atoms with E-state index in [0.29, 0.717) is 59.5 Å². The van der Waals surface area contributed by atoms with E-state index in [1.54, 1.807) is 17.2 Å². The van der Waals surface area contributed by atoms with Crippen LogP contribution in [0.1, 0.15) is 29.8 Å². The van der Waals surface area contributed by atoms with Crippen LogP contribution in [0, 0.1) is 11.3 Å². The van der Waals surface area contributed by atoms with E-state index in [-0.39, 0.29) is 23.7 Å². The zero-order valence-electron chi connectivity index (χ0n) is 17.7. The molecule has 9 nitrogen and oxygen atoms in total. The lowest BCUT2D eigenvalue weighted by Crippen LogP contribution is -2.53. The summed E-state index contributed by atoms with van der Waals surface area (Å²) >= 11 is 12.6. The number of hydrogen-bond acceptors (Lipinski definition) is 8. The number of carbonyl (C=O) groups excluding carboxylic acids is 1. The number of anilines is 2. The molecule has 170 valence electrons. The molecule has 2 aromatic heterocycles. The second kappa shape index (κ2) is 8.37. The van der Waals surface area contributed by atoms with Crippen molar-refractivity contribution in [3.8, 4) is 6.07 Å². The fourth-order valence-corrected chi connectivity index (χ4v) is 5.32. The second-order valence-electron chi connectivity index (χ2n) is 8.06. The number of nitrogens with two attached hydrogens (primary N) is 1. The molecule has 2 aliphatic heterocycles. The zero-order valence-corrected chi connectivity index (χ0v) is 19.2. The molecule has 1 saturated heterocycles. The lowest BCUT2D eigenvalue weighted by molar-refractivity contribution is -0.147. The van der Waals surface area contributed by atoms with Gasteiger partial charge in [0.15, 0.2) is 17.4 Å². The van der Waals surface area contributed by atoms with E-state index >= 15 is 0 Å². The van der Waals surface area contributed by atoms with Gasteiger partial charge in [-0.15, -0.1) is 0 Å². The number of hydrogen-bond donors (Lipinski definition) is 1. The van der Waals surface area contributed by atoms with E-state index in [0.717, 1.165) is 11.1 Å². The third kappa shape index (κ3) is 3.74. The van der Waals surface area contributed by atoms with Crippen molar-refractivity contribution >= 4 is 51.9 Å². The molecule has 0 spiro atoms. The van der Waals surface area contributed by atoms with Crippen LogP contribution >= 0.6 is 23.2 Å². The van der Waals surface area contributed by atoms with Crippen LogP contribution in [-0.4, -0.2) is 53.1 Å². The minimum absolute atomic E-state index is 0.0468. The van der Waals surface area contributed by atoms with Gasteiger partial charge in [0.1, 0.15) is 17.3 Å². The van der Waals surface area contributed by atoms with Crippen molar-refractivity contribution in [1.82, 2.24) is 14.9 Å². The fourth-order valence-electron chi connectivity index (χ4n) is 4.63. The average Bonchev–Trinajstić information content (AvgIpc) is 3.19. The number of ether oxygens (including phenoxy) is 1. The average molecular weight is 487 g/mol. The fraction of sp³-hybridized carbons (Fsp3) is 0.364. The number of nitrogens with zero attached hydrogens (tertiary/aromatic N) is 5. The standard InChI is InChI=1S/C22H20Cl2N6O3/c1-11-18-12(6-13(23)7-14(18)24)2-3-30(11)21(31)17-10-29(4-5-32-17)16-9-27-15(8-25)19-20(16)33-22(26)28-19/h6-7,9,11,17H,2-5,10H2,1H3,(H2,26,28)/t11-,17+/m0/s1. The highest BCUT2D eigenvalue weighted by Crippen LogP contribution is 2.38. The summed E-state index contributed by atoms with van der Waals surface area (Å²) in [6.45, 7) is 3.67. The van der Waals surface area contributed by atoms with Crippen LogP contribution in [0.4, 0.5) is 11.7 Å². The minimum Gasteiger partial charge on any atom is -0.421 e. The molecule has 1 fully saturated rings. The molecule has 3 aromatic rings. The summed E-state index contributed by atoms with van der Waals surface area (Å²) in [5.74, 6) is -0.112. The summed E-state index contributed by atoms with van der Waals surface area (Å²) < 4.78 is 11.4.